The molecule has 8 heteroatoms. The summed E-state index contributed by atoms with van der Waals surface area (Å²) in [6.45, 7) is 3.24. The van der Waals surface area contributed by atoms with Crippen LogP contribution in [0.1, 0.15) is 20.3 Å². The van der Waals surface area contributed by atoms with Crippen molar-refractivity contribution in [2.45, 2.75) is 31.2 Å². The fourth-order valence-corrected chi connectivity index (χ4v) is 2.95. The summed E-state index contributed by atoms with van der Waals surface area (Å²) >= 11 is 0. The number of rotatable bonds is 6. The maximum Gasteiger partial charge on any atom is 0.322 e. The molecule has 0 aliphatic carbocycles. The van der Waals surface area contributed by atoms with E-state index in [1.165, 1.54) is 0 Å². The first-order chi connectivity index (χ1) is 9.20. The first-order valence-corrected chi connectivity index (χ1v) is 7.38. The smallest absolute Gasteiger partial charge is 0.322 e. The number of carboxylic acids is 1. The van der Waals surface area contributed by atoms with Crippen LogP contribution in [0.5, 0.6) is 0 Å². The topological polar surface area (TPSA) is 83.5 Å². The van der Waals surface area contributed by atoms with E-state index in [-0.39, 0.29) is 0 Å². The van der Waals surface area contributed by atoms with Gasteiger partial charge >= 0.3 is 5.97 Å². The molecule has 0 aromatic heterocycles. The van der Waals surface area contributed by atoms with Crippen LogP contribution >= 0.6 is 0 Å². The molecule has 0 amide bonds. The zero-order valence-corrected chi connectivity index (χ0v) is 11.7. The molecule has 0 radical (unpaired) electrons. The van der Waals surface area contributed by atoms with Crippen molar-refractivity contribution in [2.75, 3.05) is 0 Å². The summed E-state index contributed by atoms with van der Waals surface area (Å²) in [5.41, 5.74) is 0. The van der Waals surface area contributed by atoms with Crippen molar-refractivity contribution in [3.8, 4) is 0 Å². The number of carbonyl (C=O) groups is 1. The van der Waals surface area contributed by atoms with Gasteiger partial charge in [0.1, 0.15) is 10.9 Å². The number of hydrogen-bond acceptors (Lipinski definition) is 3. The Morgan fingerprint density at radius 3 is 2.50 bits per heavy atom. The highest BCUT2D eigenvalue weighted by Crippen LogP contribution is 2.19. The molecule has 0 aliphatic rings. The van der Waals surface area contributed by atoms with E-state index in [0.29, 0.717) is 6.42 Å². The number of halogens is 2. The SMILES string of the molecule is CC[C@H](C)[C@H](NS(=O)(=O)c1cccc(F)c1F)C(=O)O. The lowest BCUT2D eigenvalue weighted by Crippen LogP contribution is -2.45. The summed E-state index contributed by atoms with van der Waals surface area (Å²) in [7, 11) is -4.46. The lowest BCUT2D eigenvalue weighted by atomic mass is 10.0. The predicted molar refractivity (Wildman–Crippen MR) is 67.6 cm³/mol. The molecule has 1 rings (SSSR count). The Bertz CT molecular complexity index is 603. The Morgan fingerprint density at radius 2 is 2.00 bits per heavy atom. The van der Waals surface area contributed by atoms with Crippen LogP contribution in [0.2, 0.25) is 0 Å². The molecule has 20 heavy (non-hydrogen) atoms. The molecular weight excluding hydrogens is 292 g/mol. The van der Waals surface area contributed by atoms with Crippen molar-refractivity contribution in [1.29, 1.82) is 0 Å². The summed E-state index contributed by atoms with van der Waals surface area (Å²) in [6.07, 6.45) is 0.408. The van der Waals surface area contributed by atoms with Gasteiger partial charge in [0.15, 0.2) is 11.6 Å². The van der Waals surface area contributed by atoms with Crippen molar-refractivity contribution < 1.29 is 27.1 Å². The number of benzene rings is 1. The van der Waals surface area contributed by atoms with Gasteiger partial charge in [-0.05, 0) is 18.1 Å². The summed E-state index contributed by atoms with van der Waals surface area (Å²) < 4.78 is 52.3. The molecule has 0 bridgehead atoms. The highest BCUT2D eigenvalue weighted by molar-refractivity contribution is 7.89. The third-order valence-corrected chi connectivity index (χ3v) is 4.43. The minimum absolute atomic E-state index is 0.408. The predicted octanol–water partition coefficient (Wildman–Crippen LogP) is 1.74. The molecule has 0 saturated heterocycles. The van der Waals surface area contributed by atoms with E-state index in [1.54, 1.807) is 13.8 Å². The summed E-state index contributed by atoms with van der Waals surface area (Å²) in [6, 6.07) is 1.27. The van der Waals surface area contributed by atoms with Gasteiger partial charge in [-0.25, -0.2) is 17.2 Å². The minimum atomic E-state index is -4.46. The Balaban J connectivity index is 3.17. The van der Waals surface area contributed by atoms with Gasteiger partial charge in [-0.15, -0.1) is 0 Å². The van der Waals surface area contributed by atoms with Crippen molar-refractivity contribution >= 4 is 16.0 Å². The lowest BCUT2D eigenvalue weighted by Gasteiger charge is -2.20. The average Bonchev–Trinajstić information content (AvgIpc) is 2.37. The van der Waals surface area contributed by atoms with Crippen molar-refractivity contribution in [2.24, 2.45) is 5.92 Å². The summed E-state index contributed by atoms with van der Waals surface area (Å²) in [4.78, 5) is 10.2. The number of carboxylic acid groups (broad SMARTS) is 1. The number of sulfonamides is 1. The maximum absolute atomic E-state index is 13.5. The van der Waals surface area contributed by atoms with Gasteiger partial charge in [-0.3, -0.25) is 4.79 Å². The molecule has 0 saturated carbocycles. The number of hydrogen-bond donors (Lipinski definition) is 2. The average molecular weight is 307 g/mol. The second-order valence-electron chi connectivity index (χ2n) is 4.37. The molecule has 2 atom stereocenters. The zero-order chi connectivity index (χ0) is 15.5. The van der Waals surface area contributed by atoms with Crippen molar-refractivity contribution in [1.82, 2.24) is 4.72 Å². The highest BCUT2D eigenvalue weighted by atomic mass is 32.2. The monoisotopic (exact) mass is 307 g/mol. The fourth-order valence-electron chi connectivity index (χ4n) is 1.57. The molecule has 2 N–H and O–H groups in total. The van der Waals surface area contributed by atoms with Crippen LogP contribution in [0.4, 0.5) is 8.78 Å². The molecule has 0 spiro atoms. The zero-order valence-electron chi connectivity index (χ0n) is 10.9. The summed E-state index contributed by atoms with van der Waals surface area (Å²) in [5, 5.41) is 9.01. The van der Waals surface area contributed by atoms with E-state index >= 15 is 0 Å². The number of nitrogens with one attached hydrogen (secondary N) is 1. The Hall–Kier alpha value is -1.54. The molecule has 0 aliphatic heterocycles. The third-order valence-electron chi connectivity index (χ3n) is 2.97. The Morgan fingerprint density at radius 1 is 1.40 bits per heavy atom. The molecule has 112 valence electrons. The molecule has 0 fully saturated rings. The largest absolute Gasteiger partial charge is 0.480 e. The van der Waals surface area contributed by atoms with Crippen molar-refractivity contribution in [3.05, 3.63) is 29.8 Å². The van der Waals surface area contributed by atoms with Crippen LogP contribution in [0.15, 0.2) is 23.1 Å². The van der Waals surface area contributed by atoms with Crippen LogP contribution in [0.25, 0.3) is 0 Å². The molecular formula is C12H15F2NO4S. The van der Waals surface area contributed by atoms with Gasteiger partial charge < -0.3 is 5.11 Å². The van der Waals surface area contributed by atoms with Gasteiger partial charge in [0.05, 0.1) is 0 Å². The van der Waals surface area contributed by atoms with Crippen LogP contribution in [0, 0.1) is 17.6 Å². The van der Waals surface area contributed by atoms with Crippen molar-refractivity contribution in [3.63, 3.8) is 0 Å². The van der Waals surface area contributed by atoms with Crippen LogP contribution in [0.3, 0.4) is 0 Å². The highest BCUT2D eigenvalue weighted by Gasteiger charge is 2.31. The standard InChI is InChI=1S/C12H15F2NO4S/c1-3-7(2)11(12(16)17)15-20(18,19)9-6-4-5-8(13)10(9)14/h4-7,11,15H,3H2,1-2H3,(H,16,17)/t7-,11-/m0/s1. The van der Waals surface area contributed by atoms with E-state index in [9.17, 15) is 22.0 Å². The summed E-state index contributed by atoms with van der Waals surface area (Å²) in [5.74, 6) is -4.73. The van der Waals surface area contributed by atoms with E-state index in [0.717, 1.165) is 18.2 Å². The quantitative estimate of drug-likeness (QED) is 0.838. The molecule has 0 unspecified atom stereocenters. The van der Waals surface area contributed by atoms with Gasteiger partial charge in [0.25, 0.3) is 0 Å². The Kier molecular flexibility index (Phi) is 5.18. The van der Waals surface area contributed by atoms with Gasteiger partial charge in [0, 0.05) is 0 Å². The van der Waals surface area contributed by atoms with Gasteiger partial charge in [0.2, 0.25) is 10.0 Å². The Labute approximate surface area is 115 Å². The van der Waals surface area contributed by atoms with Gasteiger partial charge in [-0.2, -0.15) is 4.72 Å². The van der Waals surface area contributed by atoms with Crippen LogP contribution in [-0.2, 0) is 14.8 Å². The minimum Gasteiger partial charge on any atom is -0.480 e. The number of aliphatic carboxylic acids is 1. The van der Waals surface area contributed by atoms with Crippen LogP contribution in [-0.4, -0.2) is 25.5 Å². The van der Waals surface area contributed by atoms with E-state index < -0.39 is 44.5 Å². The molecule has 5 nitrogen and oxygen atoms in total. The van der Waals surface area contributed by atoms with E-state index in [2.05, 4.69) is 0 Å². The fraction of sp³-hybridized carbons (Fsp3) is 0.417. The second-order valence-corrected chi connectivity index (χ2v) is 6.06. The third kappa shape index (κ3) is 3.51. The first kappa shape index (κ1) is 16.5. The maximum atomic E-state index is 13.5. The normalized spacial score (nSPS) is 14.8. The molecule has 0 heterocycles. The lowest BCUT2D eigenvalue weighted by molar-refractivity contribution is -0.140. The molecule has 1 aromatic rings. The second kappa shape index (κ2) is 6.27. The van der Waals surface area contributed by atoms with E-state index in [1.807, 2.05) is 4.72 Å². The van der Waals surface area contributed by atoms with Crippen LogP contribution < -0.4 is 4.72 Å². The molecule has 1 aromatic carbocycles. The first-order valence-electron chi connectivity index (χ1n) is 5.89. The van der Waals surface area contributed by atoms with E-state index in [4.69, 9.17) is 5.11 Å². The van der Waals surface area contributed by atoms with Gasteiger partial charge in [-0.1, -0.05) is 26.3 Å².